The van der Waals surface area contributed by atoms with Crippen molar-refractivity contribution in [2.45, 2.75) is 12.6 Å². The topological polar surface area (TPSA) is 77.6 Å². The van der Waals surface area contributed by atoms with Crippen LogP contribution in [0.15, 0.2) is 10.7 Å². The minimum atomic E-state index is -0.120. The summed E-state index contributed by atoms with van der Waals surface area (Å²) in [5.74, 6) is 5.64. The maximum atomic E-state index is 5.64. The van der Waals surface area contributed by atoms with Crippen LogP contribution >= 0.6 is 15.9 Å². The molecule has 3 N–H and O–H groups in total. The summed E-state index contributed by atoms with van der Waals surface area (Å²) in [6.07, 6.45) is 1.78. The zero-order chi connectivity index (χ0) is 15.0. The average Bonchev–Trinajstić information content (AvgIpc) is 2.78. The Balaban J connectivity index is 2.67. The Labute approximate surface area is 128 Å². The molecule has 20 heavy (non-hydrogen) atoms. The number of rotatable bonds is 10. The molecule has 0 aromatic carbocycles. The maximum Gasteiger partial charge on any atom is 0.0873 e. The Hall–Kier alpha value is -0.510. The molecule has 116 valence electrons. The molecule has 1 unspecified atom stereocenters. The second kappa shape index (κ2) is 9.43. The lowest BCUT2D eigenvalue weighted by Gasteiger charge is -2.19. The summed E-state index contributed by atoms with van der Waals surface area (Å²) in [5.41, 5.74) is 3.77. The fraction of sp³-hybridized carbons (Fsp3) is 0.750. The normalized spacial score (nSPS) is 13.1. The molecule has 0 saturated carbocycles. The number of aromatic nitrogens is 2. The van der Waals surface area contributed by atoms with E-state index in [1.807, 2.05) is 18.8 Å². The Morgan fingerprint density at radius 2 is 2.25 bits per heavy atom. The lowest BCUT2D eigenvalue weighted by molar-refractivity contribution is 0.0572. The van der Waals surface area contributed by atoms with Crippen molar-refractivity contribution in [3.8, 4) is 0 Å². The van der Waals surface area contributed by atoms with Crippen molar-refractivity contribution in [1.29, 1.82) is 0 Å². The van der Waals surface area contributed by atoms with Crippen LogP contribution in [0.5, 0.6) is 0 Å². The van der Waals surface area contributed by atoms with Crippen molar-refractivity contribution < 1.29 is 9.47 Å². The van der Waals surface area contributed by atoms with Crippen molar-refractivity contribution in [3.05, 3.63) is 16.4 Å². The minimum Gasteiger partial charge on any atom is -0.382 e. The summed E-state index contributed by atoms with van der Waals surface area (Å²) in [6, 6.07) is -0.120. The third-order valence-electron chi connectivity index (χ3n) is 2.84. The van der Waals surface area contributed by atoms with Crippen LogP contribution < -0.4 is 11.3 Å². The lowest BCUT2D eigenvalue weighted by atomic mass is 10.2. The van der Waals surface area contributed by atoms with E-state index >= 15 is 0 Å². The molecule has 0 saturated heterocycles. The van der Waals surface area contributed by atoms with Gasteiger partial charge in [-0.15, -0.1) is 0 Å². The zero-order valence-corrected chi connectivity index (χ0v) is 13.9. The summed E-state index contributed by atoms with van der Waals surface area (Å²) in [6.45, 7) is 3.27. The number of nitrogens with zero attached hydrogens (tertiary/aromatic N) is 3. The first kappa shape index (κ1) is 17.5. The predicted molar refractivity (Wildman–Crippen MR) is 81.2 cm³/mol. The number of nitrogens with one attached hydrogen (secondary N) is 1. The van der Waals surface area contributed by atoms with Crippen LogP contribution in [0.2, 0.25) is 0 Å². The predicted octanol–water partition coefficient (Wildman–Crippen LogP) is 0.375. The Morgan fingerprint density at radius 1 is 1.50 bits per heavy atom. The highest BCUT2D eigenvalue weighted by Crippen LogP contribution is 2.23. The van der Waals surface area contributed by atoms with E-state index in [-0.39, 0.29) is 6.04 Å². The van der Waals surface area contributed by atoms with Crippen molar-refractivity contribution in [1.82, 2.24) is 20.1 Å². The summed E-state index contributed by atoms with van der Waals surface area (Å²) >= 11 is 3.52. The van der Waals surface area contributed by atoms with Crippen molar-refractivity contribution in [3.63, 3.8) is 0 Å². The molecule has 0 aliphatic rings. The molecular weight excluding hydrogens is 326 g/mol. The molecule has 0 bridgehead atoms. The number of nitrogens with two attached hydrogens (primary N) is 1. The molecular formula is C12H24BrN5O2. The molecule has 1 aromatic rings. The monoisotopic (exact) mass is 349 g/mol. The van der Waals surface area contributed by atoms with E-state index in [4.69, 9.17) is 15.3 Å². The maximum absolute atomic E-state index is 5.64. The summed E-state index contributed by atoms with van der Waals surface area (Å²) < 4.78 is 13.4. The van der Waals surface area contributed by atoms with Gasteiger partial charge in [0, 0.05) is 13.7 Å². The van der Waals surface area contributed by atoms with Crippen molar-refractivity contribution in [2.75, 3.05) is 47.6 Å². The molecule has 1 atom stereocenters. The van der Waals surface area contributed by atoms with E-state index in [1.54, 1.807) is 13.3 Å². The number of hydrogen-bond donors (Lipinski definition) is 2. The van der Waals surface area contributed by atoms with Crippen LogP contribution in [0.3, 0.4) is 0 Å². The van der Waals surface area contributed by atoms with Gasteiger partial charge in [0.2, 0.25) is 0 Å². The molecule has 0 fully saturated rings. The quantitative estimate of drug-likeness (QED) is 0.361. The van der Waals surface area contributed by atoms with Crippen LogP contribution in [-0.4, -0.2) is 62.3 Å². The SMILES string of the molecule is COCCOCC(NN)c1c(Br)cnn1CCN(C)C. The minimum absolute atomic E-state index is 0.120. The molecule has 1 heterocycles. The largest absolute Gasteiger partial charge is 0.382 e. The molecule has 0 aliphatic carbocycles. The number of methoxy groups -OCH3 is 1. The molecule has 0 amide bonds. The smallest absolute Gasteiger partial charge is 0.0873 e. The zero-order valence-electron chi connectivity index (χ0n) is 12.3. The van der Waals surface area contributed by atoms with E-state index in [1.165, 1.54) is 0 Å². The van der Waals surface area contributed by atoms with E-state index in [0.717, 1.165) is 23.3 Å². The van der Waals surface area contributed by atoms with Crippen LogP contribution in [0.1, 0.15) is 11.7 Å². The standard InChI is InChI=1S/C12H24BrN5O2/c1-17(2)4-5-18-12(10(13)8-15-18)11(16-14)9-20-7-6-19-3/h8,11,16H,4-7,9,14H2,1-3H3. The molecule has 7 nitrogen and oxygen atoms in total. The Morgan fingerprint density at radius 3 is 2.85 bits per heavy atom. The number of halogens is 1. The van der Waals surface area contributed by atoms with E-state index in [2.05, 4.69) is 31.4 Å². The van der Waals surface area contributed by atoms with E-state index in [0.29, 0.717) is 19.8 Å². The fourth-order valence-electron chi connectivity index (χ4n) is 1.74. The van der Waals surface area contributed by atoms with Gasteiger partial charge in [-0.05, 0) is 30.0 Å². The van der Waals surface area contributed by atoms with Crippen molar-refractivity contribution in [2.24, 2.45) is 5.84 Å². The summed E-state index contributed by atoms with van der Waals surface area (Å²) in [7, 11) is 5.71. The first-order valence-electron chi connectivity index (χ1n) is 6.48. The van der Waals surface area contributed by atoms with Crippen LogP contribution in [0, 0.1) is 0 Å². The molecule has 0 spiro atoms. The number of hydrazine groups is 1. The van der Waals surface area contributed by atoms with Crippen LogP contribution in [0.4, 0.5) is 0 Å². The highest BCUT2D eigenvalue weighted by Gasteiger charge is 2.19. The summed E-state index contributed by atoms with van der Waals surface area (Å²) in [4.78, 5) is 2.11. The first-order chi connectivity index (χ1) is 9.60. The molecule has 1 rings (SSSR count). The van der Waals surface area contributed by atoms with Gasteiger partial charge in [0.05, 0.1) is 48.8 Å². The van der Waals surface area contributed by atoms with Gasteiger partial charge in [-0.3, -0.25) is 10.5 Å². The first-order valence-corrected chi connectivity index (χ1v) is 7.28. The highest BCUT2D eigenvalue weighted by atomic mass is 79.9. The van der Waals surface area contributed by atoms with Gasteiger partial charge < -0.3 is 14.4 Å². The lowest BCUT2D eigenvalue weighted by Crippen LogP contribution is -2.34. The number of ether oxygens (including phenoxy) is 2. The molecule has 0 aliphatic heterocycles. The highest BCUT2D eigenvalue weighted by molar-refractivity contribution is 9.10. The third-order valence-corrected chi connectivity index (χ3v) is 3.45. The van der Waals surface area contributed by atoms with Gasteiger partial charge in [-0.2, -0.15) is 5.10 Å². The van der Waals surface area contributed by atoms with Gasteiger partial charge in [0.1, 0.15) is 0 Å². The van der Waals surface area contributed by atoms with Gasteiger partial charge in [0.25, 0.3) is 0 Å². The Bertz CT molecular complexity index is 386. The van der Waals surface area contributed by atoms with E-state index in [9.17, 15) is 0 Å². The van der Waals surface area contributed by atoms with Crippen LogP contribution in [-0.2, 0) is 16.0 Å². The molecule has 0 radical (unpaired) electrons. The van der Waals surface area contributed by atoms with Gasteiger partial charge in [-0.25, -0.2) is 5.43 Å². The third kappa shape index (κ3) is 5.47. The molecule has 1 aromatic heterocycles. The van der Waals surface area contributed by atoms with E-state index < -0.39 is 0 Å². The van der Waals surface area contributed by atoms with Gasteiger partial charge in [-0.1, -0.05) is 0 Å². The summed E-state index contributed by atoms with van der Waals surface area (Å²) in [5, 5.41) is 4.37. The fourth-order valence-corrected chi connectivity index (χ4v) is 2.31. The molecule has 8 heteroatoms. The van der Waals surface area contributed by atoms with Gasteiger partial charge >= 0.3 is 0 Å². The second-order valence-corrected chi connectivity index (χ2v) is 5.55. The second-order valence-electron chi connectivity index (χ2n) is 4.69. The van der Waals surface area contributed by atoms with Crippen LogP contribution in [0.25, 0.3) is 0 Å². The van der Waals surface area contributed by atoms with Crippen molar-refractivity contribution >= 4 is 15.9 Å². The number of hydrogen-bond acceptors (Lipinski definition) is 6. The number of likely N-dealkylation sites (N-methyl/N-ethyl adjacent to an activating group) is 1. The Kier molecular flexibility index (Phi) is 8.27. The average molecular weight is 350 g/mol. The van der Waals surface area contributed by atoms with Gasteiger partial charge in [0.15, 0.2) is 0 Å².